The molecule has 0 fully saturated rings. The van der Waals surface area contributed by atoms with Crippen molar-refractivity contribution in [2.75, 3.05) is 4.90 Å². The highest BCUT2D eigenvalue weighted by atomic mass is 15.1. The van der Waals surface area contributed by atoms with Crippen LogP contribution in [-0.4, -0.2) is 4.98 Å². The normalized spacial score (nSPS) is 10.2. The molecule has 1 heterocycles. The number of pyridine rings is 1. The quantitative estimate of drug-likeness (QED) is 0.690. The maximum absolute atomic E-state index is 4.10. The molecule has 3 rings (SSSR count). The van der Waals surface area contributed by atoms with Gasteiger partial charge in [-0.2, -0.15) is 0 Å². The highest BCUT2D eigenvalue weighted by Crippen LogP contribution is 2.26. The molecule has 0 saturated carbocycles. The van der Waals surface area contributed by atoms with Crippen LogP contribution in [0, 0.1) is 0 Å². The maximum Gasteiger partial charge on any atom is 0.0481 e. The molecule has 3 aromatic rings. The zero-order valence-corrected chi connectivity index (χ0v) is 11.2. The summed E-state index contributed by atoms with van der Waals surface area (Å²) in [5.74, 6) is 0. The van der Waals surface area contributed by atoms with Gasteiger partial charge < -0.3 is 4.90 Å². The van der Waals surface area contributed by atoms with Crippen LogP contribution in [0.25, 0.3) is 0 Å². The van der Waals surface area contributed by atoms with Gasteiger partial charge in [0.05, 0.1) is 0 Å². The Bertz CT molecular complexity index is 597. The average Bonchev–Trinajstić information content (AvgIpc) is 2.55. The molecule has 0 N–H and O–H groups in total. The number of para-hydroxylation sites is 1. The van der Waals surface area contributed by atoms with Gasteiger partial charge in [0.25, 0.3) is 0 Å². The summed E-state index contributed by atoms with van der Waals surface area (Å²) in [5, 5.41) is 0. The lowest BCUT2D eigenvalue weighted by Gasteiger charge is -2.25. The van der Waals surface area contributed by atoms with Crippen molar-refractivity contribution in [3.05, 3.63) is 90.8 Å². The molecule has 2 aromatic carbocycles. The number of aromatic nitrogens is 1. The topological polar surface area (TPSA) is 16.1 Å². The van der Waals surface area contributed by atoms with Crippen molar-refractivity contribution >= 4 is 11.4 Å². The predicted octanol–water partition coefficient (Wildman–Crippen LogP) is 4.42. The van der Waals surface area contributed by atoms with Crippen molar-refractivity contribution < 1.29 is 0 Å². The number of nitrogens with zero attached hydrogens (tertiary/aromatic N) is 2. The first-order chi connectivity index (χ1) is 9.93. The Hall–Kier alpha value is -2.61. The van der Waals surface area contributed by atoms with E-state index in [4.69, 9.17) is 0 Å². The number of hydrogen-bond donors (Lipinski definition) is 0. The van der Waals surface area contributed by atoms with Crippen LogP contribution in [-0.2, 0) is 6.54 Å². The van der Waals surface area contributed by atoms with Gasteiger partial charge in [0.15, 0.2) is 0 Å². The third kappa shape index (κ3) is 2.86. The first-order valence-electron chi connectivity index (χ1n) is 6.70. The summed E-state index contributed by atoms with van der Waals surface area (Å²) in [5.41, 5.74) is 3.62. The first-order valence-corrected chi connectivity index (χ1v) is 6.70. The molecule has 0 spiro atoms. The Kier molecular flexibility index (Phi) is 3.74. The predicted molar refractivity (Wildman–Crippen MR) is 83.0 cm³/mol. The van der Waals surface area contributed by atoms with Gasteiger partial charge in [-0.3, -0.25) is 4.98 Å². The SMILES string of the molecule is c1ccc(CN(c2ccccc2)c2ccncc2)cc1. The highest BCUT2D eigenvalue weighted by molar-refractivity contribution is 5.62. The van der Waals surface area contributed by atoms with Crippen molar-refractivity contribution in [2.24, 2.45) is 0 Å². The maximum atomic E-state index is 4.10. The van der Waals surface area contributed by atoms with Gasteiger partial charge in [0, 0.05) is 30.3 Å². The lowest BCUT2D eigenvalue weighted by molar-refractivity contribution is 0.972. The number of benzene rings is 2. The molecule has 1 aromatic heterocycles. The number of hydrogen-bond acceptors (Lipinski definition) is 2. The minimum absolute atomic E-state index is 0.842. The number of anilines is 2. The monoisotopic (exact) mass is 260 g/mol. The van der Waals surface area contributed by atoms with Gasteiger partial charge in [-0.1, -0.05) is 48.5 Å². The Morgan fingerprint density at radius 2 is 1.20 bits per heavy atom. The van der Waals surface area contributed by atoms with E-state index in [0.29, 0.717) is 0 Å². The van der Waals surface area contributed by atoms with Crippen LogP contribution >= 0.6 is 0 Å². The minimum Gasteiger partial charge on any atom is -0.337 e. The Labute approximate surface area is 119 Å². The molecular formula is C18H16N2. The summed E-state index contributed by atoms with van der Waals surface area (Å²) in [6, 6.07) is 25.0. The fourth-order valence-electron chi connectivity index (χ4n) is 2.23. The van der Waals surface area contributed by atoms with Crippen LogP contribution in [0.2, 0.25) is 0 Å². The second kappa shape index (κ2) is 6.02. The third-order valence-corrected chi connectivity index (χ3v) is 3.23. The lowest BCUT2D eigenvalue weighted by atomic mass is 10.2. The summed E-state index contributed by atoms with van der Waals surface area (Å²) in [7, 11) is 0. The molecule has 0 amide bonds. The van der Waals surface area contributed by atoms with E-state index in [1.54, 1.807) is 0 Å². The lowest BCUT2D eigenvalue weighted by Crippen LogP contribution is -2.16. The van der Waals surface area contributed by atoms with Gasteiger partial charge in [0.2, 0.25) is 0 Å². The van der Waals surface area contributed by atoms with Crippen molar-refractivity contribution in [3.8, 4) is 0 Å². The molecule has 98 valence electrons. The van der Waals surface area contributed by atoms with Crippen molar-refractivity contribution in [1.82, 2.24) is 4.98 Å². The van der Waals surface area contributed by atoms with Crippen molar-refractivity contribution in [3.63, 3.8) is 0 Å². The summed E-state index contributed by atoms with van der Waals surface area (Å²) >= 11 is 0. The van der Waals surface area contributed by atoms with Crippen LogP contribution < -0.4 is 4.90 Å². The zero-order chi connectivity index (χ0) is 13.6. The van der Waals surface area contributed by atoms with Gasteiger partial charge in [0.1, 0.15) is 0 Å². The van der Waals surface area contributed by atoms with Crippen LogP contribution in [0.3, 0.4) is 0 Å². The molecule has 0 aliphatic carbocycles. The molecule has 0 saturated heterocycles. The molecule has 0 radical (unpaired) electrons. The van der Waals surface area contributed by atoms with Gasteiger partial charge in [-0.05, 0) is 29.8 Å². The van der Waals surface area contributed by atoms with E-state index in [2.05, 4.69) is 58.4 Å². The molecule has 0 aliphatic heterocycles. The second-order valence-corrected chi connectivity index (χ2v) is 4.61. The summed E-state index contributed by atoms with van der Waals surface area (Å²) in [6.07, 6.45) is 3.66. The molecular weight excluding hydrogens is 244 g/mol. The molecule has 2 nitrogen and oxygen atoms in total. The van der Waals surface area contributed by atoms with Crippen LogP contribution in [0.15, 0.2) is 85.2 Å². The van der Waals surface area contributed by atoms with Gasteiger partial charge in [-0.15, -0.1) is 0 Å². The number of rotatable bonds is 4. The van der Waals surface area contributed by atoms with E-state index in [9.17, 15) is 0 Å². The van der Waals surface area contributed by atoms with Gasteiger partial charge in [-0.25, -0.2) is 0 Å². The van der Waals surface area contributed by atoms with Crippen LogP contribution in [0.5, 0.6) is 0 Å². The van der Waals surface area contributed by atoms with E-state index in [-0.39, 0.29) is 0 Å². The van der Waals surface area contributed by atoms with Gasteiger partial charge >= 0.3 is 0 Å². The van der Waals surface area contributed by atoms with E-state index < -0.39 is 0 Å². The van der Waals surface area contributed by atoms with Crippen LogP contribution in [0.4, 0.5) is 11.4 Å². The summed E-state index contributed by atoms with van der Waals surface area (Å²) < 4.78 is 0. The van der Waals surface area contributed by atoms with Crippen molar-refractivity contribution in [1.29, 1.82) is 0 Å². The highest BCUT2D eigenvalue weighted by Gasteiger charge is 2.09. The fourth-order valence-corrected chi connectivity index (χ4v) is 2.23. The third-order valence-electron chi connectivity index (χ3n) is 3.23. The van der Waals surface area contributed by atoms with E-state index in [1.807, 2.05) is 36.7 Å². The Morgan fingerprint density at radius 1 is 0.650 bits per heavy atom. The zero-order valence-electron chi connectivity index (χ0n) is 11.2. The van der Waals surface area contributed by atoms with E-state index >= 15 is 0 Å². The minimum atomic E-state index is 0.842. The van der Waals surface area contributed by atoms with Crippen molar-refractivity contribution in [2.45, 2.75) is 6.54 Å². The largest absolute Gasteiger partial charge is 0.337 e. The Morgan fingerprint density at radius 3 is 1.85 bits per heavy atom. The second-order valence-electron chi connectivity index (χ2n) is 4.61. The molecule has 0 unspecified atom stereocenters. The molecule has 0 aliphatic rings. The van der Waals surface area contributed by atoms with E-state index in [1.165, 1.54) is 11.3 Å². The summed E-state index contributed by atoms with van der Waals surface area (Å²) in [6.45, 7) is 0.842. The molecule has 20 heavy (non-hydrogen) atoms. The smallest absolute Gasteiger partial charge is 0.0481 e. The molecule has 0 bridgehead atoms. The van der Waals surface area contributed by atoms with Crippen LogP contribution in [0.1, 0.15) is 5.56 Å². The fraction of sp³-hybridized carbons (Fsp3) is 0.0556. The van der Waals surface area contributed by atoms with E-state index in [0.717, 1.165) is 12.2 Å². The average molecular weight is 260 g/mol. The first kappa shape index (κ1) is 12.4. The Balaban J connectivity index is 1.96. The molecule has 2 heteroatoms. The standard InChI is InChI=1S/C18H16N2/c1-3-7-16(8-4-1)15-20(17-9-5-2-6-10-17)18-11-13-19-14-12-18/h1-14H,15H2. The molecule has 0 atom stereocenters. The summed E-state index contributed by atoms with van der Waals surface area (Å²) in [4.78, 5) is 6.39.